The number of sulfonamides is 1. The van der Waals surface area contributed by atoms with Crippen LogP contribution < -0.4 is 5.46 Å². The molecule has 1 saturated heterocycles. The van der Waals surface area contributed by atoms with Crippen molar-refractivity contribution in [3.63, 3.8) is 0 Å². The van der Waals surface area contributed by atoms with Crippen LogP contribution in [0.25, 0.3) is 0 Å². The van der Waals surface area contributed by atoms with Crippen LogP contribution >= 0.6 is 0 Å². The lowest BCUT2D eigenvalue weighted by atomic mass is 9.79. The summed E-state index contributed by atoms with van der Waals surface area (Å²) in [6.07, 6.45) is 0. The molecule has 116 valence electrons. The van der Waals surface area contributed by atoms with Gasteiger partial charge in [-0.25, -0.2) is 12.7 Å². The third-order valence-electron chi connectivity index (χ3n) is 4.18. The molecule has 0 atom stereocenters. The second kappa shape index (κ2) is 5.09. The molecule has 1 heterocycles. The van der Waals surface area contributed by atoms with E-state index in [4.69, 9.17) is 9.31 Å². The van der Waals surface area contributed by atoms with E-state index < -0.39 is 28.3 Å². The minimum absolute atomic E-state index is 0.257. The molecule has 0 spiro atoms. The average Bonchev–Trinajstić information content (AvgIpc) is 2.58. The lowest BCUT2D eigenvalue weighted by molar-refractivity contribution is 0.00578. The number of nitrogens with zero attached hydrogens (tertiary/aromatic N) is 1. The summed E-state index contributed by atoms with van der Waals surface area (Å²) in [5.41, 5.74) is -0.00989. The molecule has 0 bridgehead atoms. The predicted octanol–water partition coefficient (Wildman–Crippen LogP) is 1.24. The highest BCUT2D eigenvalue weighted by Crippen LogP contribution is 2.36. The van der Waals surface area contributed by atoms with E-state index in [1.807, 2.05) is 27.7 Å². The van der Waals surface area contributed by atoms with Crippen LogP contribution in [-0.2, 0) is 19.3 Å². The van der Waals surface area contributed by atoms with Crippen LogP contribution in [0.4, 0.5) is 0 Å². The SMILES string of the molecule is CN(C)S(=O)(=O)c1ccc(B2OC(C)(C)C(C)(C)O2)cc1. The molecule has 0 saturated carbocycles. The number of hydrogen-bond acceptors (Lipinski definition) is 4. The molecule has 1 aliphatic rings. The van der Waals surface area contributed by atoms with Crippen molar-refractivity contribution in [3.8, 4) is 0 Å². The molecular formula is C14H22BNO4S. The van der Waals surface area contributed by atoms with E-state index in [0.717, 1.165) is 5.46 Å². The van der Waals surface area contributed by atoms with E-state index in [1.54, 1.807) is 24.3 Å². The Morgan fingerprint density at radius 3 is 1.76 bits per heavy atom. The lowest BCUT2D eigenvalue weighted by Gasteiger charge is -2.32. The van der Waals surface area contributed by atoms with Gasteiger partial charge >= 0.3 is 7.12 Å². The normalized spacial score (nSPS) is 21.0. The van der Waals surface area contributed by atoms with Crippen molar-refractivity contribution in [2.24, 2.45) is 0 Å². The van der Waals surface area contributed by atoms with Crippen molar-refractivity contribution in [1.29, 1.82) is 0 Å². The molecule has 1 aromatic rings. The Morgan fingerprint density at radius 1 is 0.952 bits per heavy atom. The van der Waals surface area contributed by atoms with Gasteiger partial charge in [0.2, 0.25) is 10.0 Å². The Labute approximate surface area is 127 Å². The van der Waals surface area contributed by atoms with Crippen molar-refractivity contribution in [2.45, 2.75) is 43.8 Å². The molecule has 0 unspecified atom stereocenters. The zero-order chi connectivity index (χ0) is 16.1. The van der Waals surface area contributed by atoms with E-state index in [2.05, 4.69) is 0 Å². The zero-order valence-corrected chi connectivity index (χ0v) is 14.2. The summed E-state index contributed by atoms with van der Waals surface area (Å²) in [5, 5.41) is 0. The van der Waals surface area contributed by atoms with Gasteiger partial charge in [-0.15, -0.1) is 0 Å². The Hall–Kier alpha value is -0.885. The molecule has 1 aromatic carbocycles. The second-order valence-electron chi connectivity index (χ2n) is 6.44. The van der Waals surface area contributed by atoms with Gasteiger partial charge in [0.1, 0.15) is 0 Å². The highest BCUT2D eigenvalue weighted by atomic mass is 32.2. The highest BCUT2D eigenvalue weighted by Gasteiger charge is 2.51. The summed E-state index contributed by atoms with van der Waals surface area (Å²) >= 11 is 0. The third-order valence-corrected chi connectivity index (χ3v) is 6.01. The largest absolute Gasteiger partial charge is 0.494 e. The van der Waals surface area contributed by atoms with Gasteiger partial charge in [-0.3, -0.25) is 0 Å². The minimum Gasteiger partial charge on any atom is -0.399 e. The van der Waals surface area contributed by atoms with Gasteiger partial charge in [-0.1, -0.05) is 12.1 Å². The van der Waals surface area contributed by atoms with Gasteiger partial charge in [-0.05, 0) is 45.3 Å². The first-order valence-electron chi connectivity index (χ1n) is 6.85. The molecule has 7 heteroatoms. The fraction of sp³-hybridized carbons (Fsp3) is 0.571. The van der Waals surface area contributed by atoms with Crippen LogP contribution in [0.15, 0.2) is 29.2 Å². The Balaban J connectivity index is 2.26. The van der Waals surface area contributed by atoms with Crippen LogP contribution in [0, 0.1) is 0 Å². The molecule has 1 aliphatic heterocycles. The molecular weight excluding hydrogens is 289 g/mol. The van der Waals surface area contributed by atoms with E-state index >= 15 is 0 Å². The standard InChI is InChI=1S/C14H22BNO4S/c1-13(2)14(3,4)20-15(19-13)11-7-9-12(10-8-11)21(17,18)16(5)6/h7-10H,1-6H3. The van der Waals surface area contributed by atoms with Crippen LogP contribution in [0.2, 0.25) is 0 Å². The molecule has 0 amide bonds. The predicted molar refractivity (Wildman–Crippen MR) is 83.0 cm³/mol. The summed E-state index contributed by atoms with van der Waals surface area (Å²) in [5.74, 6) is 0. The maximum Gasteiger partial charge on any atom is 0.494 e. The molecule has 0 aromatic heterocycles. The van der Waals surface area contributed by atoms with Crippen LogP contribution in [-0.4, -0.2) is 45.1 Å². The fourth-order valence-corrected chi connectivity index (χ4v) is 2.89. The molecule has 2 rings (SSSR count). The van der Waals surface area contributed by atoms with E-state index in [1.165, 1.54) is 18.4 Å². The van der Waals surface area contributed by atoms with E-state index in [9.17, 15) is 8.42 Å². The summed E-state index contributed by atoms with van der Waals surface area (Å²) in [6.45, 7) is 7.94. The lowest BCUT2D eigenvalue weighted by Crippen LogP contribution is -2.41. The van der Waals surface area contributed by atoms with E-state index in [0.29, 0.717) is 0 Å². The molecule has 21 heavy (non-hydrogen) atoms. The highest BCUT2D eigenvalue weighted by molar-refractivity contribution is 7.89. The number of rotatable bonds is 3. The van der Waals surface area contributed by atoms with E-state index in [-0.39, 0.29) is 4.90 Å². The first kappa shape index (κ1) is 16.5. The van der Waals surface area contributed by atoms with Gasteiger partial charge in [-0.2, -0.15) is 0 Å². The molecule has 1 fully saturated rings. The number of hydrogen-bond donors (Lipinski definition) is 0. The maximum absolute atomic E-state index is 12.0. The van der Waals surface area contributed by atoms with Crippen molar-refractivity contribution < 1.29 is 17.7 Å². The second-order valence-corrected chi connectivity index (χ2v) is 8.60. The Bertz CT molecular complexity index is 607. The molecule has 0 radical (unpaired) electrons. The average molecular weight is 311 g/mol. The van der Waals surface area contributed by atoms with Gasteiger partial charge in [0, 0.05) is 14.1 Å². The summed E-state index contributed by atoms with van der Waals surface area (Å²) in [7, 11) is -0.869. The van der Waals surface area contributed by atoms with Gasteiger partial charge < -0.3 is 9.31 Å². The third kappa shape index (κ3) is 2.88. The van der Waals surface area contributed by atoms with Crippen LogP contribution in [0.3, 0.4) is 0 Å². The quantitative estimate of drug-likeness (QED) is 0.788. The van der Waals surface area contributed by atoms with Crippen molar-refractivity contribution >= 4 is 22.6 Å². The Morgan fingerprint density at radius 2 is 1.38 bits per heavy atom. The summed E-state index contributed by atoms with van der Waals surface area (Å²) < 4.78 is 37.1. The van der Waals surface area contributed by atoms with Crippen molar-refractivity contribution in [2.75, 3.05) is 14.1 Å². The minimum atomic E-state index is -3.41. The molecule has 5 nitrogen and oxygen atoms in total. The van der Waals surface area contributed by atoms with Gasteiger partial charge in [0.15, 0.2) is 0 Å². The van der Waals surface area contributed by atoms with Crippen molar-refractivity contribution in [3.05, 3.63) is 24.3 Å². The fourth-order valence-electron chi connectivity index (χ4n) is 1.99. The molecule has 0 N–H and O–H groups in total. The van der Waals surface area contributed by atoms with Crippen LogP contribution in [0.1, 0.15) is 27.7 Å². The first-order valence-corrected chi connectivity index (χ1v) is 8.29. The molecule has 0 aliphatic carbocycles. The summed E-state index contributed by atoms with van der Waals surface area (Å²) in [4.78, 5) is 0.257. The smallest absolute Gasteiger partial charge is 0.399 e. The maximum atomic E-state index is 12.0. The van der Waals surface area contributed by atoms with Gasteiger partial charge in [0.25, 0.3) is 0 Å². The Kier molecular flexibility index (Phi) is 3.99. The van der Waals surface area contributed by atoms with Crippen molar-refractivity contribution in [1.82, 2.24) is 4.31 Å². The monoisotopic (exact) mass is 311 g/mol. The summed E-state index contributed by atoms with van der Waals surface area (Å²) in [6, 6.07) is 6.63. The van der Waals surface area contributed by atoms with Gasteiger partial charge in [0.05, 0.1) is 16.1 Å². The topological polar surface area (TPSA) is 55.8 Å². The first-order chi connectivity index (χ1) is 9.47. The van der Waals surface area contributed by atoms with Crippen LogP contribution in [0.5, 0.6) is 0 Å². The number of benzene rings is 1. The zero-order valence-electron chi connectivity index (χ0n) is 13.4.